The van der Waals surface area contributed by atoms with Gasteiger partial charge in [-0.05, 0) is 12.0 Å². The lowest BCUT2D eigenvalue weighted by molar-refractivity contribution is 0.193. The number of benzene rings is 1. The summed E-state index contributed by atoms with van der Waals surface area (Å²) in [5.74, 6) is 0.386. The van der Waals surface area contributed by atoms with Crippen LogP contribution in [0.3, 0.4) is 0 Å². The van der Waals surface area contributed by atoms with E-state index in [0.717, 1.165) is 6.42 Å². The molecule has 1 amide bonds. The minimum atomic E-state index is -0.927. The second kappa shape index (κ2) is 3.09. The molecule has 0 radical (unpaired) electrons. The Morgan fingerprint density at radius 3 is 2.69 bits per heavy atom. The first kappa shape index (κ1) is 8.10. The fourth-order valence-corrected chi connectivity index (χ4v) is 1.58. The van der Waals surface area contributed by atoms with Crippen LogP contribution in [-0.4, -0.2) is 17.2 Å². The van der Waals surface area contributed by atoms with Crippen molar-refractivity contribution in [3.63, 3.8) is 0 Å². The van der Waals surface area contributed by atoms with E-state index in [2.05, 4.69) is 5.32 Å². The predicted octanol–water partition coefficient (Wildman–Crippen LogP) is 1.81. The molecule has 0 spiro atoms. The van der Waals surface area contributed by atoms with Crippen LogP contribution < -0.4 is 5.32 Å². The third kappa shape index (κ3) is 1.80. The van der Waals surface area contributed by atoms with Crippen LogP contribution in [0.15, 0.2) is 30.3 Å². The van der Waals surface area contributed by atoms with E-state index in [4.69, 9.17) is 5.11 Å². The fourth-order valence-electron chi connectivity index (χ4n) is 1.58. The fraction of sp³-hybridized carbons (Fsp3) is 0.300. The van der Waals surface area contributed by atoms with Crippen molar-refractivity contribution in [1.82, 2.24) is 5.32 Å². The van der Waals surface area contributed by atoms with Crippen LogP contribution in [0.25, 0.3) is 0 Å². The molecule has 0 aromatic heterocycles. The molecule has 2 N–H and O–H groups in total. The van der Waals surface area contributed by atoms with Gasteiger partial charge in [0.1, 0.15) is 0 Å². The third-order valence-electron chi connectivity index (χ3n) is 2.33. The number of hydrogen-bond acceptors (Lipinski definition) is 1. The zero-order chi connectivity index (χ0) is 9.26. The van der Waals surface area contributed by atoms with Gasteiger partial charge in [0, 0.05) is 12.0 Å². The number of hydrogen-bond donors (Lipinski definition) is 2. The van der Waals surface area contributed by atoms with Gasteiger partial charge in [-0.1, -0.05) is 30.3 Å². The second-order valence-electron chi connectivity index (χ2n) is 3.31. The van der Waals surface area contributed by atoms with Gasteiger partial charge in [0.05, 0.1) is 0 Å². The minimum Gasteiger partial charge on any atom is -0.465 e. The molecule has 68 valence electrons. The Balaban J connectivity index is 1.97. The summed E-state index contributed by atoms with van der Waals surface area (Å²) in [6.07, 6.45) is -0.000480. The van der Waals surface area contributed by atoms with E-state index in [0.29, 0.717) is 5.92 Å². The highest BCUT2D eigenvalue weighted by atomic mass is 16.4. The molecule has 2 unspecified atom stereocenters. The van der Waals surface area contributed by atoms with Crippen molar-refractivity contribution >= 4 is 6.09 Å². The standard InChI is InChI=1S/C10H11NO2/c12-10(13)11-9-6-8(9)7-4-2-1-3-5-7/h1-5,8-9,11H,6H2,(H,12,13). The number of amides is 1. The average molecular weight is 177 g/mol. The van der Waals surface area contributed by atoms with Crippen molar-refractivity contribution in [1.29, 1.82) is 0 Å². The zero-order valence-corrected chi connectivity index (χ0v) is 7.10. The van der Waals surface area contributed by atoms with E-state index in [9.17, 15) is 4.79 Å². The highest BCUT2D eigenvalue weighted by Gasteiger charge is 2.39. The molecule has 2 rings (SSSR count). The lowest BCUT2D eigenvalue weighted by Crippen LogP contribution is -2.24. The molecular formula is C10H11NO2. The van der Waals surface area contributed by atoms with Crippen LogP contribution in [0.5, 0.6) is 0 Å². The number of nitrogens with one attached hydrogen (secondary N) is 1. The maximum absolute atomic E-state index is 10.3. The van der Waals surface area contributed by atoms with Gasteiger partial charge in [-0.25, -0.2) is 4.79 Å². The van der Waals surface area contributed by atoms with Crippen LogP contribution >= 0.6 is 0 Å². The lowest BCUT2D eigenvalue weighted by Gasteiger charge is -1.99. The molecule has 3 heteroatoms. The van der Waals surface area contributed by atoms with Crippen LogP contribution in [-0.2, 0) is 0 Å². The van der Waals surface area contributed by atoms with Gasteiger partial charge in [0.15, 0.2) is 0 Å². The Morgan fingerprint density at radius 1 is 1.38 bits per heavy atom. The molecule has 3 nitrogen and oxygen atoms in total. The van der Waals surface area contributed by atoms with Gasteiger partial charge < -0.3 is 10.4 Å². The summed E-state index contributed by atoms with van der Waals surface area (Å²) in [5.41, 5.74) is 1.22. The molecule has 1 aromatic rings. The Bertz CT molecular complexity index is 310. The monoisotopic (exact) mass is 177 g/mol. The molecule has 1 fully saturated rings. The van der Waals surface area contributed by atoms with Gasteiger partial charge >= 0.3 is 6.09 Å². The molecule has 0 aliphatic heterocycles. The SMILES string of the molecule is O=C(O)NC1CC1c1ccccc1. The van der Waals surface area contributed by atoms with Crippen LogP contribution in [0.2, 0.25) is 0 Å². The summed E-state index contributed by atoms with van der Waals surface area (Å²) in [5, 5.41) is 11.0. The highest BCUT2D eigenvalue weighted by molar-refractivity contribution is 5.65. The van der Waals surface area contributed by atoms with E-state index in [1.165, 1.54) is 5.56 Å². The molecule has 13 heavy (non-hydrogen) atoms. The van der Waals surface area contributed by atoms with Gasteiger partial charge in [-0.2, -0.15) is 0 Å². The normalized spacial score (nSPS) is 25.2. The minimum absolute atomic E-state index is 0.125. The van der Waals surface area contributed by atoms with Crippen LogP contribution in [0.4, 0.5) is 4.79 Å². The van der Waals surface area contributed by atoms with Crippen molar-refractivity contribution in [2.75, 3.05) is 0 Å². The molecule has 0 saturated heterocycles. The third-order valence-corrected chi connectivity index (χ3v) is 2.33. The predicted molar refractivity (Wildman–Crippen MR) is 48.7 cm³/mol. The summed E-state index contributed by atoms with van der Waals surface area (Å²) < 4.78 is 0. The van der Waals surface area contributed by atoms with Crippen molar-refractivity contribution < 1.29 is 9.90 Å². The molecule has 1 aliphatic carbocycles. The van der Waals surface area contributed by atoms with Gasteiger partial charge in [-0.15, -0.1) is 0 Å². The Morgan fingerprint density at radius 2 is 2.08 bits per heavy atom. The van der Waals surface area contributed by atoms with Crippen LogP contribution in [0.1, 0.15) is 17.9 Å². The summed E-state index contributed by atoms with van der Waals surface area (Å²) in [6, 6.07) is 10.1. The Hall–Kier alpha value is -1.51. The van der Waals surface area contributed by atoms with Crippen molar-refractivity contribution in [3.8, 4) is 0 Å². The summed E-state index contributed by atoms with van der Waals surface area (Å²) in [6.45, 7) is 0. The maximum Gasteiger partial charge on any atom is 0.404 e. The van der Waals surface area contributed by atoms with E-state index in [1.54, 1.807) is 0 Å². The summed E-state index contributed by atoms with van der Waals surface area (Å²) >= 11 is 0. The van der Waals surface area contributed by atoms with Gasteiger partial charge in [-0.3, -0.25) is 0 Å². The largest absolute Gasteiger partial charge is 0.465 e. The molecule has 2 atom stereocenters. The molecule has 1 saturated carbocycles. The first-order valence-electron chi connectivity index (χ1n) is 4.32. The molecule has 0 heterocycles. The maximum atomic E-state index is 10.3. The average Bonchev–Trinajstić information content (AvgIpc) is 2.84. The van der Waals surface area contributed by atoms with E-state index >= 15 is 0 Å². The number of rotatable bonds is 2. The smallest absolute Gasteiger partial charge is 0.404 e. The van der Waals surface area contributed by atoms with Gasteiger partial charge in [0.25, 0.3) is 0 Å². The topological polar surface area (TPSA) is 49.3 Å². The number of carboxylic acid groups (broad SMARTS) is 1. The highest BCUT2D eigenvalue weighted by Crippen LogP contribution is 2.40. The lowest BCUT2D eigenvalue weighted by atomic mass is 10.1. The van der Waals surface area contributed by atoms with Crippen LogP contribution in [0, 0.1) is 0 Å². The molecule has 0 bridgehead atoms. The van der Waals surface area contributed by atoms with E-state index in [-0.39, 0.29) is 6.04 Å². The van der Waals surface area contributed by atoms with Crippen molar-refractivity contribution in [2.24, 2.45) is 0 Å². The molecule has 1 aromatic carbocycles. The van der Waals surface area contributed by atoms with E-state index in [1.807, 2.05) is 30.3 Å². The first-order chi connectivity index (χ1) is 6.27. The first-order valence-corrected chi connectivity index (χ1v) is 4.32. The Kier molecular flexibility index (Phi) is 1.93. The molecule has 1 aliphatic rings. The summed E-state index contributed by atoms with van der Waals surface area (Å²) in [4.78, 5) is 10.3. The van der Waals surface area contributed by atoms with Gasteiger partial charge in [0.2, 0.25) is 0 Å². The van der Waals surface area contributed by atoms with Crippen molar-refractivity contribution in [3.05, 3.63) is 35.9 Å². The second-order valence-corrected chi connectivity index (χ2v) is 3.31. The summed E-state index contributed by atoms with van der Waals surface area (Å²) in [7, 11) is 0. The Labute approximate surface area is 76.4 Å². The quantitative estimate of drug-likeness (QED) is 0.723. The van der Waals surface area contributed by atoms with E-state index < -0.39 is 6.09 Å². The van der Waals surface area contributed by atoms with Crippen molar-refractivity contribution in [2.45, 2.75) is 18.4 Å². The zero-order valence-electron chi connectivity index (χ0n) is 7.10. The molecular weight excluding hydrogens is 166 g/mol. The number of carbonyl (C=O) groups is 1.